The number of nitrogens with zero attached hydrogens (tertiary/aromatic N) is 1. The largest absolute Gasteiger partial charge is 0.388 e. The Balaban J connectivity index is 2.18. The lowest BCUT2D eigenvalue weighted by Gasteiger charge is -2.26. The molecule has 0 fully saturated rings. The van der Waals surface area contributed by atoms with Crippen LogP contribution in [0.2, 0.25) is 5.02 Å². The second kappa shape index (κ2) is 5.98. The standard InChI is InChI=1S/C16H21ClN2O/c1-11(2)9-16(3,20)10-19-14-6-7-18-15-8-12(17)4-5-13(14)15/h4-8,11,20H,9-10H2,1-3H3,(H,18,19). The number of rotatable bonds is 5. The molecule has 0 bridgehead atoms. The molecule has 0 aliphatic heterocycles. The Kier molecular flexibility index (Phi) is 4.51. The zero-order valence-electron chi connectivity index (χ0n) is 12.2. The average molecular weight is 293 g/mol. The molecule has 2 rings (SSSR count). The van der Waals surface area contributed by atoms with Crippen LogP contribution < -0.4 is 5.32 Å². The van der Waals surface area contributed by atoms with Gasteiger partial charge in [0.1, 0.15) is 0 Å². The van der Waals surface area contributed by atoms with E-state index in [1.807, 2.05) is 31.2 Å². The van der Waals surface area contributed by atoms with Gasteiger partial charge in [0.05, 0.1) is 11.1 Å². The summed E-state index contributed by atoms with van der Waals surface area (Å²) in [6.45, 7) is 6.59. The molecule has 4 heteroatoms. The maximum Gasteiger partial charge on any atom is 0.0793 e. The zero-order chi connectivity index (χ0) is 14.8. The minimum atomic E-state index is -0.726. The van der Waals surface area contributed by atoms with Gasteiger partial charge in [0.25, 0.3) is 0 Å². The van der Waals surface area contributed by atoms with Crippen molar-refractivity contribution >= 4 is 28.2 Å². The van der Waals surface area contributed by atoms with Gasteiger partial charge in [-0.2, -0.15) is 0 Å². The third kappa shape index (κ3) is 3.84. The third-order valence-electron chi connectivity index (χ3n) is 3.21. The molecule has 2 N–H and O–H groups in total. The Morgan fingerprint density at radius 3 is 2.80 bits per heavy atom. The fraction of sp³-hybridized carbons (Fsp3) is 0.438. The summed E-state index contributed by atoms with van der Waals surface area (Å²) < 4.78 is 0. The lowest BCUT2D eigenvalue weighted by atomic mass is 9.94. The molecule has 1 aromatic carbocycles. The highest BCUT2D eigenvalue weighted by molar-refractivity contribution is 6.31. The van der Waals surface area contributed by atoms with Crippen molar-refractivity contribution in [1.82, 2.24) is 4.98 Å². The first-order valence-corrected chi connectivity index (χ1v) is 7.26. The van der Waals surface area contributed by atoms with Gasteiger partial charge in [0.15, 0.2) is 0 Å². The summed E-state index contributed by atoms with van der Waals surface area (Å²) in [4.78, 5) is 4.31. The van der Waals surface area contributed by atoms with Crippen molar-refractivity contribution in [2.75, 3.05) is 11.9 Å². The molecule has 1 heterocycles. The predicted octanol–water partition coefficient (Wildman–Crippen LogP) is 4.10. The van der Waals surface area contributed by atoms with E-state index in [2.05, 4.69) is 24.1 Å². The van der Waals surface area contributed by atoms with Crippen LogP contribution in [0.5, 0.6) is 0 Å². The predicted molar refractivity (Wildman–Crippen MR) is 85.3 cm³/mol. The van der Waals surface area contributed by atoms with E-state index in [1.165, 1.54) is 0 Å². The number of aromatic nitrogens is 1. The van der Waals surface area contributed by atoms with E-state index in [9.17, 15) is 5.11 Å². The average Bonchev–Trinajstić information content (AvgIpc) is 2.34. The molecule has 0 amide bonds. The van der Waals surface area contributed by atoms with Crippen LogP contribution >= 0.6 is 11.6 Å². The monoisotopic (exact) mass is 292 g/mol. The van der Waals surface area contributed by atoms with Gasteiger partial charge in [-0.05, 0) is 43.5 Å². The van der Waals surface area contributed by atoms with Crippen LogP contribution in [-0.4, -0.2) is 22.2 Å². The normalized spacial score (nSPS) is 14.5. The molecule has 1 atom stereocenters. The first-order chi connectivity index (χ1) is 9.37. The minimum absolute atomic E-state index is 0.458. The van der Waals surface area contributed by atoms with Gasteiger partial charge in [0, 0.05) is 28.8 Å². The lowest BCUT2D eigenvalue weighted by Crippen LogP contribution is -2.34. The molecule has 1 unspecified atom stereocenters. The van der Waals surface area contributed by atoms with Crippen molar-refractivity contribution in [3.8, 4) is 0 Å². The summed E-state index contributed by atoms with van der Waals surface area (Å²) in [7, 11) is 0. The number of anilines is 1. The van der Waals surface area contributed by atoms with E-state index in [0.717, 1.165) is 23.0 Å². The number of fused-ring (bicyclic) bond motifs is 1. The van der Waals surface area contributed by atoms with Crippen LogP contribution in [0.1, 0.15) is 27.2 Å². The highest BCUT2D eigenvalue weighted by Crippen LogP contribution is 2.25. The van der Waals surface area contributed by atoms with E-state index in [0.29, 0.717) is 17.5 Å². The smallest absolute Gasteiger partial charge is 0.0793 e. The Morgan fingerprint density at radius 2 is 2.10 bits per heavy atom. The van der Waals surface area contributed by atoms with Crippen molar-refractivity contribution < 1.29 is 5.11 Å². The van der Waals surface area contributed by atoms with Crippen molar-refractivity contribution in [2.24, 2.45) is 5.92 Å². The fourth-order valence-corrected chi connectivity index (χ4v) is 2.68. The molecule has 108 valence electrons. The van der Waals surface area contributed by atoms with Gasteiger partial charge in [-0.15, -0.1) is 0 Å². The molecular formula is C16H21ClN2O. The SMILES string of the molecule is CC(C)CC(C)(O)CNc1ccnc2cc(Cl)ccc12. The van der Waals surface area contributed by atoms with Gasteiger partial charge in [0.2, 0.25) is 0 Å². The molecule has 0 aliphatic rings. The number of benzene rings is 1. The molecule has 20 heavy (non-hydrogen) atoms. The zero-order valence-corrected chi connectivity index (χ0v) is 12.9. The number of pyridine rings is 1. The molecule has 0 spiro atoms. The first kappa shape index (κ1) is 15.1. The summed E-state index contributed by atoms with van der Waals surface area (Å²) in [5.41, 5.74) is 1.10. The number of hydrogen-bond donors (Lipinski definition) is 2. The molecule has 0 saturated carbocycles. The summed E-state index contributed by atoms with van der Waals surface area (Å²) >= 11 is 5.98. The van der Waals surface area contributed by atoms with Crippen LogP contribution in [0.25, 0.3) is 10.9 Å². The summed E-state index contributed by atoms with van der Waals surface area (Å²) in [5.74, 6) is 0.458. The van der Waals surface area contributed by atoms with Crippen molar-refractivity contribution in [1.29, 1.82) is 0 Å². The van der Waals surface area contributed by atoms with E-state index in [1.54, 1.807) is 6.20 Å². The lowest BCUT2D eigenvalue weighted by molar-refractivity contribution is 0.0516. The molecule has 2 aromatic rings. The number of halogens is 1. The van der Waals surface area contributed by atoms with Crippen LogP contribution in [0.3, 0.4) is 0 Å². The van der Waals surface area contributed by atoms with Gasteiger partial charge in [-0.1, -0.05) is 25.4 Å². The maximum atomic E-state index is 10.4. The molecule has 0 radical (unpaired) electrons. The quantitative estimate of drug-likeness (QED) is 0.872. The fourth-order valence-electron chi connectivity index (χ4n) is 2.51. The van der Waals surface area contributed by atoms with Crippen molar-refractivity contribution in [3.63, 3.8) is 0 Å². The van der Waals surface area contributed by atoms with E-state index >= 15 is 0 Å². The summed E-state index contributed by atoms with van der Waals surface area (Å²) in [6, 6.07) is 7.56. The van der Waals surface area contributed by atoms with Crippen LogP contribution in [0, 0.1) is 5.92 Å². The third-order valence-corrected chi connectivity index (χ3v) is 3.45. The van der Waals surface area contributed by atoms with Gasteiger partial charge in [-0.3, -0.25) is 4.98 Å². The Bertz CT molecular complexity index is 596. The van der Waals surface area contributed by atoms with Gasteiger partial charge in [-0.25, -0.2) is 0 Å². The van der Waals surface area contributed by atoms with Gasteiger partial charge < -0.3 is 10.4 Å². The second-order valence-electron chi connectivity index (χ2n) is 5.97. The molecule has 1 aromatic heterocycles. The van der Waals surface area contributed by atoms with Crippen molar-refractivity contribution in [3.05, 3.63) is 35.5 Å². The molecule has 0 saturated heterocycles. The Morgan fingerprint density at radius 1 is 1.35 bits per heavy atom. The minimum Gasteiger partial charge on any atom is -0.388 e. The molecule has 3 nitrogen and oxygen atoms in total. The van der Waals surface area contributed by atoms with E-state index in [-0.39, 0.29) is 0 Å². The van der Waals surface area contributed by atoms with E-state index < -0.39 is 5.60 Å². The first-order valence-electron chi connectivity index (χ1n) is 6.88. The van der Waals surface area contributed by atoms with E-state index in [4.69, 9.17) is 11.6 Å². The summed E-state index contributed by atoms with van der Waals surface area (Å²) in [5, 5.41) is 15.4. The number of aliphatic hydroxyl groups is 1. The Labute approximate surface area is 125 Å². The van der Waals surface area contributed by atoms with Crippen molar-refractivity contribution in [2.45, 2.75) is 32.8 Å². The Hall–Kier alpha value is -1.32. The summed E-state index contributed by atoms with van der Waals surface area (Å²) in [6.07, 6.45) is 2.51. The molecular weight excluding hydrogens is 272 g/mol. The number of hydrogen-bond acceptors (Lipinski definition) is 3. The number of nitrogens with one attached hydrogen (secondary N) is 1. The van der Waals surface area contributed by atoms with Gasteiger partial charge >= 0.3 is 0 Å². The highest BCUT2D eigenvalue weighted by atomic mass is 35.5. The topological polar surface area (TPSA) is 45.1 Å². The molecule has 0 aliphatic carbocycles. The highest BCUT2D eigenvalue weighted by Gasteiger charge is 2.21. The van der Waals surface area contributed by atoms with Crippen LogP contribution in [0.15, 0.2) is 30.5 Å². The maximum absolute atomic E-state index is 10.4. The van der Waals surface area contributed by atoms with Crippen LogP contribution in [0.4, 0.5) is 5.69 Å². The second-order valence-corrected chi connectivity index (χ2v) is 6.40. The van der Waals surface area contributed by atoms with Crippen LogP contribution in [-0.2, 0) is 0 Å².